The number of methoxy groups -OCH3 is 3. The number of benzene rings is 1. The van der Waals surface area contributed by atoms with Crippen molar-refractivity contribution in [2.45, 2.75) is 18.9 Å². The third-order valence-corrected chi connectivity index (χ3v) is 4.36. The van der Waals surface area contributed by atoms with Crippen molar-refractivity contribution in [1.29, 1.82) is 0 Å². The Bertz CT molecular complexity index is 653. The van der Waals surface area contributed by atoms with Crippen molar-refractivity contribution in [3.8, 4) is 11.5 Å². The molecule has 0 aliphatic heterocycles. The van der Waals surface area contributed by atoms with E-state index in [0.717, 1.165) is 5.75 Å². The molecule has 1 atom stereocenters. The van der Waals surface area contributed by atoms with Crippen LogP contribution in [0.15, 0.2) is 18.2 Å². The van der Waals surface area contributed by atoms with Crippen LogP contribution in [0.5, 0.6) is 11.5 Å². The van der Waals surface area contributed by atoms with Gasteiger partial charge in [0.1, 0.15) is 6.04 Å². The van der Waals surface area contributed by atoms with Gasteiger partial charge in [0.05, 0.1) is 21.3 Å². The fraction of sp³-hybridized carbons (Fsp3) is 0.500. The predicted molar refractivity (Wildman–Crippen MR) is 103 cm³/mol. The van der Waals surface area contributed by atoms with Crippen LogP contribution in [0, 0.1) is 0 Å². The highest BCUT2D eigenvalue weighted by Crippen LogP contribution is 2.27. The van der Waals surface area contributed by atoms with Crippen molar-refractivity contribution in [1.82, 2.24) is 10.6 Å². The molecule has 0 saturated carbocycles. The molecule has 0 aliphatic rings. The molecule has 0 aliphatic carbocycles. The monoisotopic (exact) mass is 398 g/mol. The molecule has 1 rings (SSSR count). The van der Waals surface area contributed by atoms with E-state index in [4.69, 9.17) is 14.2 Å². The Kier molecular flexibility index (Phi) is 10.1. The molecule has 150 valence electrons. The van der Waals surface area contributed by atoms with E-state index in [1.807, 2.05) is 6.26 Å². The maximum atomic E-state index is 12.2. The standard InChI is InChI=1S/C18H26N2O6S/c1-24-14-6-5-12(11-15(14)25-2)17(22)19-9-7-16(21)20-13(8-10-27-4)18(23)26-3/h5-6,11,13H,7-10H2,1-4H3,(H,19,22)(H,20,21). The van der Waals surface area contributed by atoms with Crippen LogP contribution >= 0.6 is 11.8 Å². The Morgan fingerprint density at radius 2 is 1.81 bits per heavy atom. The lowest BCUT2D eigenvalue weighted by Gasteiger charge is -2.16. The van der Waals surface area contributed by atoms with E-state index in [2.05, 4.69) is 10.6 Å². The van der Waals surface area contributed by atoms with Gasteiger partial charge in [-0.15, -0.1) is 0 Å². The molecule has 0 bridgehead atoms. The maximum Gasteiger partial charge on any atom is 0.328 e. The second-order valence-corrected chi connectivity index (χ2v) is 6.49. The largest absolute Gasteiger partial charge is 0.493 e. The van der Waals surface area contributed by atoms with Gasteiger partial charge in [-0.2, -0.15) is 11.8 Å². The van der Waals surface area contributed by atoms with E-state index in [9.17, 15) is 14.4 Å². The van der Waals surface area contributed by atoms with E-state index >= 15 is 0 Å². The van der Waals surface area contributed by atoms with Crippen LogP contribution in [0.1, 0.15) is 23.2 Å². The highest BCUT2D eigenvalue weighted by molar-refractivity contribution is 7.98. The Hall–Kier alpha value is -2.42. The van der Waals surface area contributed by atoms with Gasteiger partial charge >= 0.3 is 5.97 Å². The molecule has 27 heavy (non-hydrogen) atoms. The summed E-state index contributed by atoms with van der Waals surface area (Å²) in [5.74, 6) is 0.530. The summed E-state index contributed by atoms with van der Waals surface area (Å²) in [6.45, 7) is 0.134. The number of amides is 2. The number of hydrogen-bond donors (Lipinski definition) is 2. The minimum Gasteiger partial charge on any atom is -0.493 e. The number of ether oxygens (including phenoxy) is 3. The van der Waals surface area contributed by atoms with Crippen LogP contribution in [-0.4, -0.2) is 63.7 Å². The first kappa shape index (κ1) is 22.6. The van der Waals surface area contributed by atoms with Crippen LogP contribution < -0.4 is 20.1 Å². The summed E-state index contributed by atoms with van der Waals surface area (Å²) in [5.41, 5.74) is 0.389. The summed E-state index contributed by atoms with van der Waals surface area (Å²) < 4.78 is 15.0. The lowest BCUT2D eigenvalue weighted by atomic mass is 10.2. The molecule has 2 amide bonds. The van der Waals surface area contributed by atoms with Crippen molar-refractivity contribution < 1.29 is 28.6 Å². The molecule has 1 unspecified atom stereocenters. The topological polar surface area (TPSA) is 103 Å². The molecule has 1 aromatic carbocycles. The molecule has 9 heteroatoms. The average molecular weight is 398 g/mol. The summed E-state index contributed by atoms with van der Waals surface area (Å²) in [4.78, 5) is 35.9. The molecule has 0 heterocycles. The first-order chi connectivity index (χ1) is 13.0. The summed E-state index contributed by atoms with van der Waals surface area (Å²) in [7, 11) is 4.28. The number of carbonyl (C=O) groups excluding carboxylic acids is 3. The van der Waals surface area contributed by atoms with Crippen molar-refractivity contribution in [2.75, 3.05) is 39.9 Å². The molecule has 0 aromatic heterocycles. The normalized spacial score (nSPS) is 11.3. The number of nitrogens with one attached hydrogen (secondary N) is 2. The predicted octanol–water partition coefficient (Wildman–Crippen LogP) is 1.23. The zero-order chi connectivity index (χ0) is 20.2. The van der Waals surface area contributed by atoms with Gasteiger partial charge in [-0.25, -0.2) is 4.79 Å². The van der Waals surface area contributed by atoms with E-state index in [1.54, 1.807) is 30.0 Å². The van der Waals surface area contributed by atoms with Crippen LogP contribution in [0.3, 0.4) is 0 Å². The lowest BCUT2D eigenvalue weighted by Crippen LogP contribution is -2.43. The molecule has 8 nitrogen and oxygen atoms in total. The van der Waals surface area contributed by atoms with Crippen molar-refractivity contribution in [3.05, 3.63) is 23.8 Å². The lowest BCUT2D eigenvalue weighted by molar-refractivity contribution is -0.145. The highest BCUT2D eigenvalue weighted by Gasteiger charge is 2.21. The van der Waals surface area contributed by atoms with Gasteiger partial charge in [0.15, 0.2) is 11.5 Å². The van der Waals surface area contributed by atoms with Gasteiger partial charge in [0.2, 0.25) is 5.91 Å². The number of carbonyl (C=O) groups is 3. The molecule has 0 radical (unpaired) electrons. The first-order valence-corrected chi connectivity index (χ1v) is 9.72. The Balaban J connectivity index is 2.52. The summed E-state index contributed by atoms with van der Waals surface area (Å²) in [6.07, 6.45) is 2.45. The van der Waals surface area contributed by atoms with E-state index in [-0.39, 0.29) is 24.8 Å². The van der Waals surface area contributed by atoms with Crippen LogP contribution in [0.2, 0.25) is 0 Å². The minimum atomic E-state index is -0.684. The third kappa shape index (κ3) is 7.38. The average Bonchev–Trinajstić information content (AvgIpc) is 2.69. The number of esters is 1. The van der Waals surface area contributed by atoms with Gasteiger partial charge in [-0.3, -0.25) is 9.59 Å². The van der Waals surface area contributed by atoms with Crippen LogP contribution in [-0.2, 0) is 14.3 Å². The molecular weight excluding hydrogens is 372 g/mol. The SMILES string of the molecule is COC(=O)C(CCSC)NC(=O)CCNC(=O)c1ccc(OC)c(OC)c1. The quantitative estimate of drug-likeness (QED) is 0.541. The van der Waals surface area contributed by atoms with E-state index in [0.29, 0.717) is 23.5 Å². The molecule has 2 N–H and O–H groups in total. The van der Waals surface area contributed by atoms with E-state index < -0.39 is 12.0 Å². The number of hydrogen-bond acceptors (Lipinski definition) is 7. The molecule has 0 saturated heterocycles. The van der Waals surface area contributed by atoms with E-state index in [1.165, 1.54) is 21.3 Å². The van der Waals surface area contributed by atoms with Crippen molar-refractivity contribution in [3.63, 3.8) is 0 Å². The molecule has 1 aromatic rings. The van der Waals surface area contributed by atoms with Crippen LogP contribution in [0.4, 0.5) is 0 Å². The number of rotatable bonds is 11. The summed E-state index contributed by atoms with van der Waals surface area (Å²) in [6, 6.07) is 4.11. The van der Waals surface area contributed by atoms with Gasteiger partial charge < -0.3 is 24.8 Å². The molecule has 0 fully saturated rings. The maximum absolute atomic E-state index is 12.2. The fourth-order valence-corrected chi connectivity index (χ4v) is 2.73. The zero-order valence-corrected chi connectivity index (χ0v) is 16.8. The van der Waals surface area contributed by atoms with Gasteiger partial charge in [-0.1, -0.05) is 0 Å². The fourth-order valence-electron chi connectivity index (χ4n) is 2.26. The minimum absolute atomic E-state index is 0.0474. The van der Waals surface area contributed by atoms with Crippen molar-refractivity contribution >= 4 is 29.5 Å². The Labute approximate surface area is 163 Å². The second-order valence-electron chi connectivity index (χ2n) is 5.50. The number of thioether (sulfide) groups is 1. The van der Waals surface area contributed by atoms with Crippen molar-refractivity contribution in [2.24, 2.45) is 0 Å². The third-order valence-electron chi connectivity index (χ3n) is 3.71. The second kappa shape index (κ2) is 12.1. The van der Waals surface area contributed by atoms with Gasteiger partial charge in [0.25, 0.3) is 5.91 Å². The first-order valence-electron chi connectivity index (χ1n) is 8.33. The zero-order valence-electron chi connectivity index (χ0n) is 16.0. The Morgan fingerprint density at radius 3 is 2.41 bits per heavy atom. The summed E-state index contributed by atoms with van der Waals surface area (Å²) in [5, 5.41) is 5.30. The van der Waals surface area contributed by atoms with Gasteiger partial charge in [0, 0.05) is 18.5 Å². The van der Waals surface area contributed by atoms with Gasteiger partial charge in [-0.05, 0) is 36.6 Å². The smallest absolute Gasteiger partial charge is 0.328 e. The summed E-state index contributed by atoms with van der Waals surface area (Å²) >= 11 is 1.57. The molecular formula is C18H26N2O6S. The van der Waals surface area contributed by atoms with Crippen LogP contribution in [0.25, 0.3) is 0 Å². The molecule has 0 spiro atoms. The highest BCUT2D eigenvalue weighted by atomic mass is 32.2. The Morgan fingerprint density at radius 1 is 1.11 bits per heavy atom.